The number of Topliss-reactive ketones (excluding diaryl/α,β-unsaturated/α-hetero) is 1. The highest BCUT2D eigenvalue weighted by Crippen LogP contribution is 2.14. The smallest absolute Gasteiger partial charge is 0.342 e. The number of hydrogen-bond donors (Lipinski definition) is 0. The first kappa shape index (κ1) is 11.4. The first-order valence-electron chi connectivity index (χ1n) is 4.70. The molecule has 0 aromatic carbocycles. The van der Waals surface area contributed by atoms with Crippen molar-refractivity contribution in [3.05, 3.63) is 17.0 Å². The Morgan fingerprint density at radius 2 is 2.07 bits per heavy atom. The fourth-order valence-electron chi connectivity index (χ4n) is 1.30. The molecule has 0 N–H and O–H groups in total. The molecule has 0 aliphatic heterocycles. The third-order valence-corrected chi connectivity index (χ3v) is 2.15. The summed E-state index contributed by atoms with van der Waals surface area (Å²) >= 11 is 0. The molecule has 0 amide bonds. The Morgan fingerprint density at radius 1 is 1.47 bits per heavy atom. The fourth-order valence-corrected chi connectivity index (χ4v) is 1.30. The van der Waals surface area contributed by atoms with Crippen LogP contribution < -0.4 is 0 Å². The van der Waals surface area contributed by atoms with Crippen molar-refractivity contribution in [3.63, 3.8) is 0 Å². The molecule has 0 bridgehead atoms. The molecule has 1 rings (SSSR count). The van der Waals surface area contributed by atoms with Gasteiger partial charge < -0.3 is 4.74 Å². The molecule has 82 valence electrons. The lowest BCUT2D eigenvalue weighted by Crippen LogP contribution is -2.10. The monoisotopic (exact) mass is 210 g/mol. The first-order chi connectivity index (χ1) is 6.99. The lowest BCUT2D eigenvalue weighted by Gasteiger charge is -2.01. The van der Waals surface area contributed by atoms with Gasteiger partial charge in [-0.05, 0) is 13.8 Å². The summed E-state index contributed by atoms with van der Waals surface area (Å²) in [5.74, 6) is -0.727. The summed E-state index contributed by atoms with van der Waals surface area (Å²) in [6, 6.07) is 0. The van der Waals surface area contributed by atoms with Gasteiger partial charge in [0, 0.05) is 14.0 Å². The number of nitrogens with zero attached hydrogens (tertiary/aromatic N) is 2. The number of carbonyl (C=O) groups excluding carboxylic acids is 2. The molecular formula is C10H14N2O3. The first-order valence-corrected chi connectivity index (χ1v) is 4.70. The van der Waals surface area contributed by atoms with Crippen molar-refractivity contribution in [1.29, 1.82) is 0 Å². The molecule has 5 heteroatoms. The zero-order valence-corrected chi connectivity index (χ0v) is 9.33. The van der Waals surface area contributed by atoms with Gasteiger partial charge in [0.15, 0.2) is 5.78 Å². The van der Waals surface area contributed by atoms with Gasteiger partial charge in [-0.3, -0.25) is 9.48 Å². The van der Waals surface area contributed by atoms with Gasteiger partial charge in [0.05, 0.1) is 12.3 Å². The van der Waals surface area contributed by atoms with Crippen LogP contribution in [-0.4, -0.2) is 28.1 Å². The molecule has 1 aromatic rings. The van der Waals surface area contributed by atoms with E-state index in [9.17, 15) is 9.59 Å². The molecule has 0 aliphatic carbocycles. The standard InChI is InChI=1S/C10H14N2O3/c1-5-15-10(14)8-6(2)12(4)11-9(8)7(3)13/h5H2,1-4H3. The summed E-state index contributed by atoms with van der Waals surface area (Å²) in [6.07, 6.45) is 0. The van der Waals surface area contributed by atoms with E-state index < -0.39 is 5.97 Å². The quantitative estimate of drug-likeness (QED) is 0.553. The Bertz CT molecular complexity index is 407. The van der Waals surface area contributed by atoms with Crippen molar-refractivity contribution in [2.45, 2.75) is 20.8 Å². The maximum absolute atomic E-state index is 11.6. The van der Waals surface area contributed by atoms with E-state index in [1.165, 1.54) is 11.6 Å². The molecule has 0 saturated carbocycles. The van der Waals surface area contributed by atoms with Crippen molar-refractivity contribution in [2.24, 2.45) is 7.05 Å². The summed E-state index contributed by atoms with van der Waals surface area (Å²) < 4.78 is 6.37. The Labute approximate surface area is 88.0 Å². The third kappa shape index (κ3) is 2.06. The number of ether oxygens (including phenoxy) is 1. The van der Waals surface area contributed by atoms with Gasteiger partial charge in [-0.15, -0.1) is 0 Å². The summed E-state index contributed by atoms with van der Waals surface area (Å²) in [4.78, 5) is 22.8. The minimum atomic E-state index is -0.492. The van der Waals surface area contributed by atoms with Crippen molar-refractivity contribution < 1.29 is 14.3 Å². The van der Waals surface area contributed by atoms with Crippen molar-refractivity contribution in [1.82, 2.24) is 9.78 Å². The molecule has 0 spiro atoms. The van der Waals surface area contributed by atoms with Gasteiger partial charge in [0.1, 0.15) is 11.3 Å². The van der Waals surface area contributed by atoms with E-state index in [1.807, 2.05) is 0 Å². The predicted molar refractivity (Wildman–Crippen MR) is 53.9 cm³/mol. The van der Waals surface area contributed by atoms with Crippen LogP contribution in [0, 0.1) is 6.92 Å². The van der Waals surface area contributed by atoms with Gasteiger partial charge in [-0.25, -0.2) is 4.79 Å². The zero-order valence-electron chi connectivity index (χ0n) is 9.33. The Hall–Kier alpha value is -1.65. The van der Waals surface area contributed by atoms with E-state index in [4.69, 9.17) is 4.74 Å². The molecule has 0 aliphatic rings. The van der Waals surface area contributed by atoms with Crippen LogP contribution in [0.3, 0.4) is 0 Å². The number of hydrogen-bond acceptors (Lipinski definition) is 4. The molecule has 0 atom stereocenters. The molecular weight excluding hydrogens is 196 g/mol. The maximum atomic E-state index is 11.6. The van der Waals surface area contributed by atoms with Crippen molar-refractivity contribution in [2.75, 3.05) is 6.61 Å². The van der Waals surface area contributed by atoms with E-state index in [1.54, 1.807) is 20.9 Å². The minimum absolute atomic E-state index is 0.174. The molecule has 5 nitrogen and oxygen atoms in total. The van der Waals surface area contributed by atoms with E-state index in [2.05, 4.69) is 5.10 Å². The molecule has 1 heterocycles. The van der Waals surface area contributed by atoms with Crippen molar-refractivity contribution >= 4 is 11.8 Å². The van der Waals surface area contributed by atoms with Crippen LogP contribution in [0.25, 0.3) is 0 Å². The van der Waals surface area contributed by atoms with Crippen LogP contribution in [0.4, 0.5) is 0 Å². The van der Waals surface area contributed by atoms with Crippen molar-refractivity contribution in [3.8, 4) is 0 Å². The molecule has 15 heavy (non-hydrogen) atoms. The van der Waals surface area contributed by atoms with E-state index in [0.29, 0.717) is 5.69 Å². The largest absolute Gasteiger partial charge is 0.462 e. The van der Waals surface area contributed by atoms with Gasteiger partial charge >= 0.3 is 5.97 Å². The second-order valence-corrected chi connectivity index (χ2v) is 3.21. The van der Waals surface area contributed by atoms with E-state index >= 15 is 0 Å². The average molecular weight is 210 g/mol. The van der Waals surface area contributed by atoms with E-state index in [-0.39, 0.29) is 23.6 Å². The number of carbonyl (C=O) groups is 2. The average Bonchev–Trinajstić information content (AvgIpc) is 2.44. The SMILES string of the molecule is CCOC(=O)c1c(C(C)=O)nn(C)c1C. The van der Waals surface area contributed by atoms with Gasteiger partial charge in [0.2, 0.25) is 0 Å². The van der Waals surface area contributed by atoms with Gasteiger partial charge in [0.25, 0.3) is 0 Å². The van der Waals surface area contributed by atoms with Crippen LogP contribution in [0.1, 0.15) is 40.4 Å². The van der Waals surface area contributed by atoms with E-state index in [0.717, 1.165) is 0 Å². The highest BCUT2D eigenvalue weighted by molar-refractivity contribution is 6.04. The summed E-state index contributed by atoms with van der Waals surface area (Å²) in [6.45, 7) is 5.11. The fraction of sp³-hybridized carbons (Fsp3) is 0.500. The van der Waals surface area contributed by atoms with Crippen LogP contribution in [0.15, 0.2) is 0 Å². The number of rotatable bonds is 3. The second kappa shape index (κ2) is 4.25. The van der Waals surface area contributed by atoms with Crippen LogP contribution in [0.5, 0.6) is 0 Å². The Kier molecular flexibility index (Phi) is 3.24. The summed E-state index contributed by atoms with van der Waals surface area (Å²) in [7, 11) is 1.69. The topological polar surface area (TPSA) is 61.2 Å². The van der Waals surface area contributed by atoms with Crippen LogP contribution in [0.2, 0.25) is 0 Å². The highest BCUT2D eigenvalue weighted by Gasteiger charge is 2.23. The normalized spacial score (nSPS) is 10.1. The summed E-state index contributed by atoms with van der Waals surface area (Å²) in [5, 5.41) is 3.98. The number of esters is 1. The minimum Gasteiger partial charge on any atom is -0.462 e. The summed E-state index contributed by atoms with van der Waals surface area (Å²) in [5.41, 5.74) is 1.08. The highest BCUT2D eigenvalue weighted by atomic mass is 16.5. The molecule has 0 unspecified atom stereocenters. The molecule has 0 saturated heterocycles. The Balaban J connectivity index is 3.25. The van der Waals surface area contributed by atoms with Crippen LogP contribution in [-0.2, 0) is 11.8 Å². The van der Waals surface area contributed by atoms with Gasteiger partial charge in [-0.1, -0.05) is 0 Å². The number of aromatic nitrogens is 2. The number of aryl methyl sites for hydroxylation is 1. The Morgan fingerprint density at radius 3 is 2.53 bits per heavy atom. The number of ketones is 1. The third-order valence-electron chi connectivity index (χ3n) is 2.15. The maximum Gasteiger partial charge on any atom is 0.342 e. The lowest BCUT2D eigenvalue weighted by molar-refractivity contribution is 0.0522. The lowest BCUT2D eigenvalue weighted by atomic mass is 10.1. The molecule has 1 aromatic heterocycles. The van der Waals surface area contributed by atoms with Gasteiger partial charge in [-0.2, -0.15) is 5.10 Å². The molecule has 0 fully saturated rings. The zero-order chi connectivity index (χ0) is 11.6. The van der Waals surface area contributed by atoms with Crippen LogP contribution >= 0.6 is 0 Å². The molecule has 0 radical (unpaired) electrons. The second-order valence-electron chi connectivity index (χ2n) is 3.21. The predicted octanol–water partition coefficient (Wildman–Crippen LogP) is 1.11.